The minimum Gasteiger partial charge on any atom is -0.493 e. The van der Waals surface area contributed by atoms with Gasteiger partial charge in [-0.05, 0) is 42.3 Å². The number of hydrogen-bond acceptors (Lipinski definition) is 5. The fourth-order valence-corrected chi connectivity index (χ4v) is 3.51. The predicted molar refractivity (Wildman–Crippen MR) is 107 cm³/mol. The van der Waals surface area contributed by atoms with Crippen molar-refractivity contribution in [3.05, 3.63) is 59.4 Å². The summed E-state index contributed by atoms with van der Waals surface area (Å²) in [6.45, 7) is 7.08. The summed E-state index contributed by atoms with van der Waals surface area (Å²) in [5, 5.41) is 3.52. The molecule has 0 amide bonds. The number of morpholine rings is 1. The molecular weight excluding hydrogens is 359 g/mol. The first kappa shape index (κ1) is 20.6. The van der Waals surface area contributed by atoms with E-state index in [-0.39, 0.29) is 11.9 Å². The van der Waals surface area contributed by atoms with Crippen LogP contribution in [0.2, 0.25) is 0 Å². The highest BCUT2D eigenvalue weighted by Crippen LogP contribution is 2.28. The lowest BCUT2D eigenvalue weighted by Crippen LogP contribution is -2.42. The molecule has 28 heavy (non-hydrogen) atoms. The Balaban J connectivity index is 1.66. The highest BCUT2D eigenvalue weighted by atomic mass is 19.1. The van der Waals surface area contributed by atoms with Crippen LogP contribution in [0.25, 0.3) is 0 Å². The second kappa shape index (κ2) is 10.4. The summed E-state index contributed by atoms with van der Waals surface area (Å²) in [5.41, 5.74) is 2.10. The second-order valence-corrected chi connectivity index (χ2v) is 6.77. The number of benzene rings is 2. The Morgan fingerprint density at radius 3 is 2.68 bits per heavy atom. The van der Waals surface area contributed by atoms with Crippen LogP contribution in [-0.4, -0.2) is 51.5 Å². The fourth-order valence-electron chi connectivity index (χ4n) is 3.51. The molecule has 2 aromatic carbocycles. The van der Waals surface area contributed by atoms with Crippen molar-refractivity contribution in [1.29, 1.82) is 0 Å². The Hall–Kier alpha value is -2.15. The van der Waals surface area contributed by atoms with Crippen LogP contribution in [0.4, 0.5) is 4.39 Å². The van der Waals surface area contributed by atoms with Crippen molar-refractivity contribution in [1.82, 2.24) is 10.2 Å². The first-order chi connectivity index (χ1) is 13.7. The predicted octanol–water partition coefficient (Wildman–Crippen LogP) is 3.40. The third-order valence-electron chi connectivity index (χ3n) is 4.91. The Morgan fingerprint density at radius 2 is 1.96 bits per heavy atom. The standard InChI is InChI=1S/C22H29FN2O3/c1-3-28-21-8-7-17(13-22(21)26-2)15-24-16-20(25-9-11-27-12-10-25)18-5-4-6-19(23)14-18/h4-8,13-14,20,24H,3,9-12,15-16H2,1-2H3. The van der Waals surface area contributed by atoms with E-state index >= 15 is 0 Å². The van der Waals surface area contributed by atoms with Crippen LogP contribution in [0.1, 0.15) is 24.1 Å². The summed E-state index contributed by atoms with van der Waals surface area (Å²) in [6, 6.07) is 12.9. The van der Waals surface area contributed by atoms with Crippen LogP contribution in [0.15, 0.2) is 42.5 Å². The monoisotopic (exact) mass is 388 g/mol. The van der Waals surface area contributed by atoms with Gasteiger partial charge in [0.05, 0.1) is 26.9 Å². The van der Waals surface area contributed by atoms with Gasteiger partial charge in [-0.1, -0.05) is 18.2 Å². The smallest absolute Gasteiger partial charge is 0.161 e. The SMILES string of the molecule is CCOc1ccc(CNCC(c2cccc(F)c2)N2CCOCC2)cc1OC. The third-order valence-corrected chi connectivity index (χ3v) is 4.91. The average molecular weight is 388 g/mol. The van der Waals surface area contributed by atoms with Gasteiger partial charge in [-0.15, -0.1) is 0 Å². The summed E-state index contributed by atoms with van der Waals surface area (Å²) in [4.78, 5) is 2.35. The zero-order valence-electron chi connectivity index (χ0n) is 16.6. The number of halogens is 1. The van der Waals surface area contributed by atoms with Crippen LogP contribution < -0.4 is 14.8 Å². The molecule has 0 saturated carbocycles. The van der Waals surface area contributed by atoms with Gasteiger partial charge in [0.15, 0.2) is 11.5 Å². The van der Waals surface area contributed by atoms with Crippen molar-refractivity contribution in [2.24, 2.45) is 0 Å². The van der Waals surface area contributed by atoms with Gasteiger partial charge >= 0.3 is 0 Å². The summed E-state index contributed by atoms with van der Waals surface area (Å²) in [7, 11) is 1.65. The quantitative estimate of drug-likeness (QED) is 0.713. The molecule has 2 aromatic rings. The van der Waals surface area contributed by atoms with Gasteiger partial charge in [-0.3, -0.25) is 4.90 Å². The van der Waals surface area contributed by atoms with Gasteiger partial charge in [0, 0.05) is 32.2 Å². The molecule has 6 heteroatoms. The molecule has 0 radical (unpaired) electrons. The molecule has 1 aliphatic rings. The number of hydrogen-bond donors (Lipinski definition) is 1. The molecule has 0 aromatic heterocycles. The fraction of sp³-hybridized carbons (Fsp3) is 0.455. The molecule has 5 nitrogen and oxygen atoms in total. The molecule has 0 bridgehead atoms. The van der Waals surface area contributed by atoms with E-state index in [1.165, 1.54) is 6.07 Å². The zero-order valence-corrected chi connectivity index (χ0v) is 16.6. The Kier molecular flexibility index (Phi) is 7.65. The van der Waals surface area contributed by atoms with Gasteiger partial charge in [0.2, 0.25) is 0 Å². The summed E-state index contributed by atoms with van der Waals surface area (Å²) in [5.74, 6) is 1.28. The highest BCUT2D eigenvalue weighted by Gasteiger charge is 2.22. The van der Waals surface area contributed by atoms with Gasteiger partial charge in [-0.2, -0.15) is 0 Å². The van der Waals surface area contributed by atoms with E-state index in [4.69, 9.17) is 14.2 Å². The summed E-state index contributed by atoms with van der Waals surface area (Å²) < 4.78 is 30.3. The molecule has 152 valence electrons. The van der Waals surface area contributed by atoms with Crippen molar-refractivity contribution >= 4 is 0 Å². The van der Waals surface area contributed by atoms with E-state index in [0.29, 0.717) is 26.4 Å². The number of ether oxygens (including phenoxy) is 3. The molecule has 1 aliphatic heterocycles. The van der Waals surface area contributed by atoms with Gasteiger partial charge in [-0.25, -0.2) is 4.39 Å². The lowest BCUT2D eigenvalue weighted by Gasteiger charge is -2.35. The minimum absolute atomic E-state index is 0.101. The molecule has 3 rings (SSSR count). The molecule has 1 N–H and O–H groups in total. The average Bonchev–Trinajstić information content (AvgIpc) is 2.73. The van der Waals surface area contributed by atoms with Crippen molar-refractivity contribution in [2.45, 2.75) is 19.5 Å². The molecule has 1 atom stereocenters. The Bertz CT molecular complexity index is 750. The van der Waals surface area contributed by atoms with Crippen molar-refractivity contribution < 1.29 is 18.6 Å². The maximum Gasteiger partial charge on any atom is 0.161 e. The molecular formula is C22H29FN2O3. The van der Waals surface area contributed by atoms with E-state index in [1.54, 1.807) is 19.2 Å². The normalized spacial score (nSPS) is 16.0. The van der Waals surface area contributed by atoms with Gasteiger partial charge in [0.1, 0.15) is 5.82 Å². The Morgan fingerprint density at radius 1 is 1.14 bits per heavy atom. The lowest BCUT2D eigenvalue weighted by atomic mass is 10.0. The zero-order chi connectivity index (χ0) is 19.8. The maximum absolute atomic E-state index is 13.8. The summed E-state index contributed by atoms with van der Waals surface area (Å²) in [6.07, 6.45) is 0. The number of rotatable bonds is 9. The minimum atomic E-state index is -0.202. The summed E-state index contributed by atoms with van der Waals surface area (Å²) >= 11 is 0. The number of nitrogens with one attached hydrogen (secondary N) is 1. The van der Waals surface area contributed by atoms with Gasteiger partial charge < -0.3 is 19.5 Å². The number of methoxy groups -OCH3 is 1. The van der Waals surface area contributed by atoms with Crippen LogP contribution in [0.5, 0.6) is 11.5 Å². The van der Waals surface area contributed by atoms with Crippen LogP contribution in [0, 0.1) is 5.82 Å². The highest BCUT2D eigenvalue weighted by molar-refractivity contribution is 5.43. The molecule has 1 heterocycles. The van der Waals surface area contributed by atoms with E-state index in [1.807, 2.05) is 31.2 Å². The number of nitrogens with zero attached hydrogens (tertiary/aromatic N) is 1. The Labute approximate surface area is 166 Å². The lowest BCUT2D eigenvalue weighted by molar-refractivity contribution is 0.0160. The van der Waals surface area contributed by atoms with Crippen LogP contribution in [-0.2, 0) is 11.3 Å². The largest absolute Gasteiger partial charge is 0.493 e. The molecule has 1 unspecified atom stereocenters. The van der Waals surface area contributed by atoms with Crippen molar-refractivity contribution in [3.8, 4) is 11.5 Å². The molecule has 1 fully saturated rings. The van der Waals surface area contributed by atoms with E-state index < -0.39 is 0 Å². The van der Waals surface area contributed by atoms with Crippen molar-refractivity contribution in [3.63, 3.8) is 0 Å². The molecule has 0 aliphatic carbocycles. The molecule has 1 saturated heterocycles. The van der Waals surface area contributed by atoms with Gasteiger partial charge in [0.25, 0.3) is 0 Å². The maximum atomic E-state index is 13.8. The first-order valence-electron chi connectivity index (χ1n) is 9.79. The second-order valence-electron chi connectivity index (χ2n) is 6.77. The van der Waals surface area contributed by atoms with E-state index in [2.05, 4.69) is 10.2 Å². The van der Waals surface area contributed by atoms with Crippen LogP contribution >= 0.6 is 0 Å². The topological polar surface area (TPSA) is 43.0 Å². The van der Waals surface area contributed by atoms with E-state index in [9.17, 15) is 4.39 Å². The molecule has 0 spiro atoms. The van der Waals surface area contributed by atoms with E-state index in [0.717, 1.165) is 42.3 Å². The van der Waals surface area contributed by atoms with Crippen molar-refractivity contribution in [2.75, 3.05) is 46.6 Å². The van der Waals surface area contributed by atoms with Crippen LogP contribution in [0.3, 0.4) is 0 Å². The first-order valence-corrected chi connectivity index (χ1v) is 9.79. The third kappa shape index (κ3) is 5.44.